The number of nitro groups is 1. The summed E-state index contributed by atoms with van der Waals surface area (Å²) in [5, 5.41) is 17.0. The summed E-state index contributed by atoms with van der Waals surface area (Å²) in [6.45, 7) is 1.39. The monoisotopic (exact) mass is 461 g/mol. The van der Waals surface area contributed by atoms with E-state index in [2.05, 4.69) is 15.3 Å². The molecule has 2 N–H and O–H groups in total. The molecule has 33 heavy (non-hydrogen) atoms. The van der Waals surface area contributed by atoms with Crippen molar-refractivity contribution in [2.24, 2.45) is 0 Å². The van der Waals surface area contributed by atoms with E-state index in [1.165, 1.54) is 30.4 Å². The maximum atomic E-state index is 12.8. The van der Waals surface area contributed by atoms with Crippen molar-refractivity contribution in [2.45, 2.75) is 13.0 Å². The Morgan fingerprint density at radius 3 is 2.73 bits per heavy atom. The molecule has 1 aliphatic heterocycles. The number of anilines is 1. The number of fused-ring (bicyclic) bond motifs is 2. The first-order valence-electron chi connectivity index (χ1n) is 9.85. The van der Waals surface area contributed by atoms with Crippen LogP contribution >= 0.6 is 11.3 Å². The SMILES string of the molecule is C[C@@H](C(=O)Nc1nc(-c2c[nH]c3ccccc23)cs1)N1C(=O)c2cccc([N+](=O)[O-])c2C1=O. The Kier molecular flexibility index (Phi) is 4.75. The summed E-state index contributed by atoms with van der Waals surface area (Å²) in [4.78, 5) is 57.3. The summed E-state index contributed by atoms with van der Waals surface area (Å²) < 4.78 is 0. The Balaban J connectivity index is 1.37. The number of aromatic nitrogens is 2. The zero-order valence-electron chi connectivity index (χ0n) is 17.1. The van der Waals surface area contributed by atoms with Crippen molar-refractivity contribution >= 4 is 50.8 Å². The van der Waals surface area contributed by atoms with Crippen molar-refractivity contribution in [1.29, 1.82) is 0 Å². The van der Waals surface area contributed by atoms with Gasteiger partial charge in [-0.2, -0.15) is 0 Å². The molecule has 2 aromatic carbocycles. The molecule has 10 nitrogen and oxygen atoms in total. The second-order valence-corrected chi connectivity index (χ2v) is 8.25. The number of carbonyl (C=O) groups is 3. The van der Waals surface area contributed by atoms with E-state index in [0.29, 0.717) is 10.8 Å². The van der Waals surface area contributed by atoms with Gasteiger partial charge in [-0.25, -0.2) is 4.98 Å². The molecular weight excluding hydrogens is 446 g/mol. The van der Waals surface area contributed by atoms with Crippen LogP contribution in [-0.2, 0) is 4.79 Å². The van der Waals surface area contributed by atoms with Crippen LogP contribution in [0.25, 0.3) is 22.2 Å². The zero-order valence-corrected chi connectivity index (χ0v) is 17.9. The third-order valence-electron chi connectivity index (χ3n) is 5.49. The first-order chi connectivity index (χ1) is 15.9. The van der Waals surface area contributed by atoms with E-state index in [-0.39, 0.29) is 11.1 Å². The molecule has 11 heteroatoms. The molecule has 0 saturated carbocycles. The van der Waals surface area contributed by atoms with E-state index in [9.17, 15) is 24.5 Å². The highest BCUT2D eigenvalue weighted by molar-refractivity contribution is 7.14. The number of thiazole rings is 1. The average molecular weight is 461 g/mol. The Morgan fingerprint density at radius 2 is 1.94 bits per heavy atom. The summed E-state index contributed by atoms with van der Waals surface area (Å²) in [6, 6.07) is 10.4. The molecule has 0 bridgehead atoms. The molecule has 1 atom stereocenters. The van der Waals surface area contributed by atoms with Crippen LogP contribution in [0.2, 0.25) is 0 Å². The number of nitro benzene ring substituents is 1. The summed E-state index contributed by atoms with van der Waals surface area (Å²) >= 11 is 1.21. The third-order valence-corrected chi connectivity index (χ3v) is 6.25. The van der Waals surface area contributed by atoms with Gasteiger partial charge in [0.1, 0.15) is 11.6 Å². The van der Waals surface area contributed by atoms with Gasteiger partial charge in [0.15, 0.2) is 5.13 Å². The number of carbonyl (C=O) groups excluding carboxylic acids is 3. The summed E-state index contributed by atoms with van der Waals surface area (Å²) in [7, 11) is 0. The van der Waals surface area contributed by atoms with Gasteiger partial charge in [0.2, 0.25) is 5.91 Å². The molecule has 4 aromatic rings. The maximum absolute atomic E-state index is 12.8. The van der Waals surface area contributed by atoms with Crippen LogP contribution in [-0.4, -0.2) is 43.6 Å². The van der Waals surface area contributed by atoms with Crippen LogP contribution in [0.3, 0.4) is 0 Å². The second-order valence-electron chi connectivity index (χ2n) is 7.39. The minimum absolute atomic E-state index is 0.0929. The fourth-order valence-electron chi connectivity index (χ4n) is 3.85. The molecule has 5 rings (SSSR count). The first-order valence-corrected chi connectivity index (χ1v) is 10.7. The van der Waals surface area contributed by atoms with Crippen molar-refractivity contribution in [3.8, 4) is 11.3 Å². The predicted octanol–water partition coefficient (Wildman–Crippen LogP) is 3.82. The van der Waals surface area contributed by atoms with Crippen molar-refractivity contribution in [3.63, 3.8) is 0 Å². The van der Waals surface area contributed by atoms with Crippen LogP contribution in [0.15, 0.2) is 54.0 Å². The lowest BCUT2D eigenvalue weighted by molar-refractivity contribution is -0.385. The number of aromatic amines is 1. The van der Waals surface area contributed by atoms with Crippen molar-refractivity contribution in [3.05, 3.63) is 75.3 Å². The number of para-hydroxylation sites is 1. The number of rotatable bonds is 5. The highest BCUT2D eigenvalue weighted by Crippen LogP contribution is 2.33. The van der Waals surface area contributed by atoms with Crippen LogP contribution in [0.5, 0.6) is 0 Å². The Labute approximate surface area is 190 Å². The van der Waals surface area contributed by atoms with Gasteiger partial charge in [-0.3, -0.25) is 29.4 Å². The number of amides is 3. The zero-order chi connectivity index (χ0) is 23.3. The maximum Gasteiger partial charge on any atom is 0.282 e. The van der Waals surface area contributed by atoms with Gasteiger partial charge in [0.05, 0.1) is 16.2 Å². The number of imide groups is 1. The number of hydrogen-bond donors (Lipinski definition) is 2. The molecule has 0 spiro atoms. The minimum Gasteiger partial charge on any atom is -0.360 e. The lowest BCUT2D eigenvalue weighted by Crippen LogP contribution is -2.45. The molecule has 3 heterocycles. The fourth-order valence-corrected chi connectivity index (χ4v) is 4.57. The number of nitrogens with zero attached hydrogens (tertiary/aromatic N) is 3. The number of nitrogens with one attached hydrogen (secondary N) is 2. The Hall–Kier alpha value is -4.38. The van der Waals surface area contributed by atoms with E-state index in [4.69, 9.17) is 0 Å². The first kappa shape index (κ1) is 20.5. The largest absolute Gasteiger partial charge is 0.360 e. The molecule has 0 fully saturated rings. The number of hydrogen-bond acceptors (Lipinski definition) is 7. The fraction of sp³-hybridized carbons (Fsp3) is 0.0909. The van der Waals surface area contributed by atoms with Crippen LogP contribution in [0, 0.1) is 10.1 Å². The van der Waals surface area contributed by atoms with Gasteiger partial charge in [0.25, 0.3) is 17.5 Å². The molecule has 1 aliphatic rings. The van der Waals surface area contributed by atoms with Gasteiger partial charge in [-0.05, 0) is 19.1 Å². The predicted molar refractivity (Wildman–Crippen MR) is 121 cm³/mol. The molecule has 0 saturated heterocycles. The van der Waals surface area contributed by atoms with Gasteiger partial charge in [-0.1, -0.05) is 24.3 Å². The molecule has 164 valence electrons. The molecular formula is C22H15N5O5S. The summed E-state index contributed by atoms with van der Waals surface area (Å²) in [5.41, 5.74) is 1.64. The smallest absolute Gasteiger partial charge is 0.282 e. The van der Waals surface area contributed by atoms with E-state index in [1.54, 1.807) is 5.38 Å². The molecule has 0 radical (unpaired) electrons. The molecule has 3 amide bonds. The number of benzene rings is 2. The van der Waals surface area contributed by atoms with Crippen molar-refractivity contribution in [2.75, 3.05) is 5.32 Å². The van der Waals surface area contributed by atoms with Crippen LogP contribution < -0.4 is 5.32 Å². The number of H-pyrrole nitrogens is 1. The molecule has 0 aliphatic carbocycles. The van der Waals surface area contributed by atoms with Gasteiger partial charge < -0.3 is 10.3 Å². The highest BCUT2D eigenvalue weighted by atomic mass is 32.1. The lowest BCUT2D eigenvalue weighted by Gasteiger charge is -2.20. The van der Waals surface area contributed by atoms with Crippen molar-refractivity contribution < 1.29 is 19.3 Å². The van der Waals surface area contributed by atoms with E-state index < -0.39 is 34.4 Å². The average Bonchev–Trinajstić information content (AvgIpc) is 3.50. The highest BCUT2D eigenvalue weighted by Gasteiger charge is 2.44. The van der Waals surface area contributed by atoms with Crippen LogP contribution in [0.4, 0.5) is 10.8 Å². The van der Waals surface area contributed by atoms with Crippen LogP contribution in [0.1, 0.15) is 27.6 Å². The van der Waals surface area contributed by atoms with Gasteiger partial charge >= 0.3 is 0 Å². The minimum atomic E-state index is -1.20. The topological polar surface area (TPSA) is 138 Å². The Bertz CT molecular complexity index is 1470. The quantitative estimate of drug-likeness (QED) is 0.263. The van der Waals surface area contributed by atoms with E-state index in [1.807, 2.05) is 30.5 Å². The molecule has 2 aromatic heterocycles. The van der Waals surface area contributed by atoms with E-state index in [0.717, 1.165) is 27.4 Å². The third kappa shape index (κ3) is 3.26. The van der Waals surface area contributed by atoms with Gasteiger partial charge in [0, 0.05) is 34.1 Å². The lowest BCUT2D eigenvalue weighted by atomic mass is 10.1. The Morgan fingerprint density at radius 1 is 1.15 bits per heavy atom. The van der Waals surface area contributed by atoms with E-state index >= 15 is 0 Å². The standard InChI is InChI=1S/C22H15N5O5S/c1-11(26-20(29)13-6-4-8-17(27(31)32)18(13)21(26)30)19(28)25-22-24-16(10-33-22)14-9-23-15-7-3-2-5-12(14)15/h2-11,23H,1H3,(H,24,25,28)/t11-/m0/s1. The normalized spacial score (nSPS) is 13.9. The van der Waals surface area contributed by atoms with Crippen molar-refractivity contribution in [1.82, 2.24) is 14.9 Å². The summed E-state index contributed by atoms with van der Waals surface area (Å²) in [5.74, 6) is -2.25. The molecule has 0 unspecified atom stereocenters. The second kappa shape index (κ2) is 7.64. The summed E-state index contributed by atoms with van der Waals surface area (Å²) in [6.07, 6.45) is 1.83. The van der Waals surface area contributed by atoms with Gasteiger partial charge in [-0.15, -0.1) is 11.3 Å².